The highest BCUT2D eigenvalue weighted by molar-refractivity contribution is 7.91. The summed E-state index contributed by atoms with van der Waals surface area (Å²) in [4.78, 5) is 21.0. The predicted molar refractivity (Wildman–Crippen MR) is 98.6 cm³/mol. The number of carbonyl (C=O) groups excluding carboxylic acids is 1. The zero-order valence-electron chi connectivity index (χ0n) is 15.0. The number of aromatic nitrogens is 1. The first kappa shape index (κ1) is 18.2. The monoisotopic (exact) mass is 365 g/mol. The van der Waals surface area contributed by atoms with Crippen molar-refractivity contribution in [3.63, 3.8) is 0 Å². The molecule has 1 atom stereocenters. The number of hydrogen-bond donors (Lipinski definition) is 0. The second-order valence-corrected chi connectivity index (χ2v) is 9.45. The Hall–Kier alpha value is -1.63. The van der Waals surface area contributed by atoms with Crippen molar-refractivity contribution in [2.75, 3.05) is 36.0 Å². The van der Waals surface area contributed by atoms with Gasteiger partial charge in [0.15, 0.2) is 9.84 Å². The first-order chi connectivity index (χ1) is 11.9. The van der Waals surface area contributed by atoms with Gasteiger partial charge in [0.05, 0.1) is 11.5 Å². The predicted octanol–water partition coefficient (Wildman–Crippen LogP) is 1.97. The summed E-state index contributed by atoms with van der Waals surface area (Å²) < 4.78 is 23.6. The van der Waals surface area contributed by atoms with Crippen LogP contribution in [-0.2, 0) is 9.84 Å². The minimum atomic E-state index is -2.94. The van der Waals surface area contributed by atoms with E-state index < -0.39 is 9.84 Å². The molecule has 1 amide bonds. The second kappa shape index (κ2) is 7.32. The van der Waals surface area contributed by atoms with Crippen LogP contribution in [0.3, 0.4) is 0 Å². The molecule has 2 saturated heterocycles. The Kier molecular flexibility index (Phi) is 5.32. The number of pyridine rings is 1. The van der Waals surface area contributed by atoms with Crippen molar-refractivity contribution in [2.24, 2.45) is 5.92 Å². The molecule has 25 heavy (non-hydrogen) atoms. The third-order valence-corrected chi connectivity index (χ3v) is 7.11. The lowest BCUT2D eigenvalue weighted by Gasteiger charge is -2.31. The number of hydrogen-bond acceptors (Lipinski definition) is 5. The minimum absolute atomic E-state index is 0.0174. The standard InChI is InChI=1S/C18H27N3O3S/c1-3-21(16-7-11-25(23,24)13-16)15-4-8-19-17(12-15)18(22)20-9-5-14(2)6-10-20/h4,8,12,14,16H,3,5-7,9-11,13H2,1-2H3. The molecule has 0 bridgehead atoms. The van der Waals surface area contributed by atoms with Gasteiger partial charge in [-0.15, -0.1) is 0 Å². The molecule has 1 unspecified atom stereocenters. The van der Waals surface area contributed by atoms with Gasteiger partial charge in [0.1, 0.15) is 5.69 Å². The third-order valence-electron chi connectivity index (χ3n) is 5.35. The molecule has 2 aliphatic rings. The van der Waals surface area contributed by atoms with E-state index in [0.29, 0.717) is 24.6 Å². The number of likely N-dealkylation sites (tertiary alicyclic amines) is 1. The van der Waals surface area contributed by atoms with Crippen LogP contribution in [-0.4, -0.2) is 61.4 Å². The smallest absolute Gasteiger partial charge is 0.272 e. The number of piperidine rings is 1. The minimum Gasteiger partial charge on any atom is -0.368 e. The third kappa shape index (κ3) is 4.14. The molecule has 0 aliphatic carbocycles. The van der Waals surface area contributed by atoms with Crippen LogP contribution in [0.1, 0.15) is 43.6 Å². The fraction of sp³-hybridized carbons (Fsp3) is 0.667. The van der Waals surface area contributed by atoms with Gasteiger partial charge in [0.25, 0.3) is 5.91 Å². The maximum Gasteiger partial charge on any atom is 0.272 e. The van der Waals surface area contributed by atoms with E-state index in [1.54, 1.807) is 6.20 Å². The molecule has 6 nitrogen and oxygen atoms in total. The molecule has 138 valence electrons. The highest BCUT2D eigenvalue weighted by Crippen LogP contribution is 2.25. The molecule has 2 aliphatic heterocycles. The highest BCUT2D eigenvalue weighted by atomic mass is 32.2. The largest absolute Gasteiger partial charge is 0.368 e. The zero-order chi connectivity index (χ0) is 18.0. The molecule has 1 aromatic heterocycles. The molecule has 0 aromatic carbocycles. The summed E-state index contributed by atoms with van der Waals surface area (Å²) in [6, 6.07) is 3.66. The van der Waals surface area contributed by atoms with Crippen molar-refractivity contribution in [3.05, 3.63) is 24.0 Å². The molecule has 0 radical (unpaired) electrons. The van der Waals surface area contributed by atoms with Crippen molar-refractivity contribution in [3.8, 4) is 0 Å². The quantitative estimate of drug-likeness (QED) is 0.816. The van der Waals surface area contributed by atoms with Gasteiger partial charge in [-0.3, -0.25) is 9.78 Å². The molecule has 7 heteroatoms. The fourth-order valence-electron chi connectivity index (χ4n) is 3.76. The van der Waals surface area contributed by atoms with Crippen LogP contribution in [0.4, 0.5) is 5.69 Å². The maximum atomic E-state index is 12.7. The summed E-state index contributed by atoms with van der Waals surface area (Å²) in [6.45, 7) is 6.50. The van der Waals surface area contributed by atoms with E-state index in [0.717, 1.165) is 31.6 Å². The Morgan fingerprint density at radius 3 is 2.64 bits per heavy atom. The molecule has 3 rings (SSSR count). The van der Waals surface area contributed by atoms with Gasteiger partial charge in [-0.05, 0) is 44.2 Å². The van der Waals surface area contributed by atoms with Crippen LogP contribution in [0.15, 0.2) is 18.3 Å². The Morgan fingerprint density at radius 2 is 2.04 bits per heavy atom. The number of sulfone groups is 1. The number of rotatable bonds is 4. The molecule has 1 aromatic rings. The molecular formula is C18H27N3O3S. The average molecular weight is 365 g/mol. The molecule has 3 heterocycles. The van der Waals surface area contributed by atoms with Gasteiger partial charge in [0.2, 0.25) is 0 Å². The number of carbonyl (C=O) groups is 1. The van der Waals surface area contributed by atoms with Crippen molar-refractivity contribution in [1.29, 1.82) is 0 Å². The van der Waals surface area contributed by atoms with E-state index in [-0.39, 0.29) is 23.5 Å². The van der Waals surface area contributed by atoms with Gasteiger partial charge in [-0.2, -0.15) is 0 Å². The van der Waals surface area contributed by atoms with E-state index in [2.05, 4.69) is 16.8 Å². The zero-order valence-corrected chi connectivity index (χ0v) is 15.8. The van der Waals surface area contributed by atoms with Crippen molar-refractivity contribution >= 4 is 21.4 Å². The summed E-state index contributed by atoms with van der Waals surface area (Å²) in [5.41, 5.74) is 1.33. The van der Waals surface area contributed by atoms with Crippen LogP contribution in [0.5, 0.6) is 0 Å². The van der Waals surface area contributed by atoms with Gasteiger partial charge < -0.3 is 9.80 Å². The second-order valence-electron chi connectivity index (χ2n) is 7.22. The molecule has 2 fully saturated rings. The summed E-state index contributed by atoms with van der Waals surface area (Å²) >= 11 is 0. The fourth-order valence-corrected chi connectivity index (χ4v) is 5.49. The van der Waals surface area contributed by atoms with Gasteiger partial charge >= 0.3 is 0 Å². The van der Waals surface area contributed by atoms with E-state index in [9.17, 15) is 13.2 Å². The van der Waals surface area contributed by atoms with Crippen molar-refractivity contribution in [2.45, 2.75) is 39.2 Å². The van der Waals surface area contributed by atoms with E-state index in [1.165, 1.54) is 0 Å². The van der Waals surface area contributed by atoms with Gasteiger partial charge in [0, 0.05) is 37.6 Å². The highest BCUT2D eigenvalue weighted by Gasteiger charge is 2.32. The van der Waals surface area contributed by atoms with Crippen LogP contribution < -0.4 is 4.90 Å². The van der Waals surface area contributed by atoms with Crippen LogP contribution in [0, 0.1) is 5.92 Å². The number of anilines is 1. The number of amides is 1. The Morgan fingerprint density at radius 1 is 1.32 bits per heavy atom. The SMILES string of the molecule is CCN(c1ccnc(C(=O)N2CCC(C)CC2)c1)C1CCS(=O)(=O)C1. The lowest BCUT2D eigenvalue weighted by atomic mass is 9.99. The van der Waals surface area contributed by atoms with Crippen LogP contribution >= 0.6 is 0 Å². The summed E-state index contributed by atoms with van der Waals surface area (Å²) in [5.74, 6) is 1.08. The average Bonchev–Trinajstić information content (AvgIpc) is 2.95. The molecule has 0 N–H and O–H groups in total. The lowest BCUT2D eigenvalue weighted by Crippen LogP contribution is -2.39. The molecule has 0 saturated carbocycles. The van der Waals surface area contributed by atoms with Crippen molar-refractivity contribution in [1.82, 2.24) is 9.88 Å². The first-order valence-electron chi connectivity index (χ1n) is 9.12. The van der Waals surface area contributed by atoms with E-state index in [4.69, 9.17) is 0 Å². The van der Waals surface area contributed by atoms with Crippen LogP contribution in [0.25, 0.3) is 0 Å². The lowest BCUT2D eigenvalue weighted by molar-refractivity contribution is 0.0691. The Balaban J connectivity index is 1.77. The summed E-state index contributed by atoms with van der Waals surface area (Å²) in [6.07, 6.45) is 4.37. The first-order valence-corrected chi connectivity index (χ1v) is 10.9. The van der Waals surface area contributed by atoms with E-state index >= 15 is 0 Å². The topological polar surface area (TPSA) is 70.6 Å². The van der Waals surface area contributed by atoms with Gasteiger partial charge in [-0.25, -0.2) is 8.42 Å². The van der Waals surface area contributed by atoms with Gasteiger partial charge in [-0.1, -0.05) is 6.92 Å². The summed E-state index contributed by atoms with van der Waals surface area (Å²) in [5, 5.41) is 0. The van der Waals surface area contributed by atoms with Crippen molar-refractivity contribution < 1.29 is 13.2 Å². The normalized spacial score (nSPS) is 23.6. The summed E-state index contributed by atoms with van der Waals surface area (Å²) in [7, 11) is -2.94. The van der Waals surface area contributed by atoms with Crippen LogP contribution in [0.2, 0.25) is 0 Å². The van der Waals surface area contributed by atoms with E-state index in [1.807, 2.05) is 24.0 Å². The Bertz CT molecular complexity index is 727. The molecule has 0 spiro atoms. The molecular weight excluding hydrogens is 338 g/mol. The Labute approximate surface area is 150 Å². The number of nitrogens with zero attached hydrogens (tertiary/aromatic N) is 3. The maximum absolute atomic E-state index is 12.7.